The van der Waals surface area contributed by atoms with E-state index < -0.39 is 0 Å². The van der Waals surface area contributed by atoms with Crippen LogP contribution in [0, 0.1) is 0 Å². The number of anilines is 2. The van der Waals surface area contributed by atoms with Gasteiger partial charge in [-0.1, -0.05) is 24.3 Å². The van der Waals surface area contributed by atoms with Crippen LogP contribution in [0.25, 0.3) is 28.5 Å². The first-order chi connectivity index (χ1) is 16.2. The number of para-hydroxylation sites is 1. The Morgan fingerprint density at radius 1 is 0.939 bits per heavy atom. The van der Waals surface area contributed by atoms with Gasteiger partial charge >= 0.3 is 0 Å². The summed E-state index contributed by atoms with van der Waals surface area (Å²) < 4.78 is 2.02. The molecule has 0 atom stereocenters. The highest BCUT2D eigenvalue weighted by molar-refractivity contribution is 5.95. The van der Waals surface area contributed by atoms with Crippen molar-refractivity contribution in [3.8, 4) is 28.5 Å². The summed E-state index contributed by atoms with van der Waals surface area (Å²) in [6.45, 7) is 1.41. The summed E-state index contributed by atoms with van der Waals surface area (Å²) in [6.07, 6.45) is 3.45. The summed E-state index contributed by atoms with van der Waals surface area (Å²) in [4.78, 5) is 19.3. The molecule has 0 bridgehead atoms. The third-order valence-electron chi connectivity index (χ3n) is 6.33. The Hall–Kier alpha value is -4.04. The summed E-state index contributed by atoms with van der Waals surface area (Å²) >= 11 is 0. The molecule has 8 nitrogen and oxygen atoms in total. The number of nitrogens with zero attached hydrogens (tertiary/aromatic N) is 5. The lowest BCUT2D eigenvalue weighted by Crippen LogP contribution is -2.42. The number of amides is 1. The van der Waals surface area contributed by atoms with Crippen LogP contribution in [0.4, 0.5) is 11.5 Å². The van der Waals surface area contributed by atoms with Crippen LogP contribution >= 0.6 is 0 Å². The van der Waals surface area contributed by atoms with Crippen molar-refractivity contribution < 1.29 is 4.79 Å². The number of aromatic nitrogens is 4. The van der Waals surface area contributed by atoms with Crippen LogP contribution in [0.3, 0.4) is 0 Å². The Morgan fingerprint density at radius 3 is 2.52 bits per heavy atom. The van der Waals surface area contributed by atoms with E-state index >= 15 is 0 Å². The van der Waals surface area contributed by atoms with E-state index in [1.807, 2.05) is 70.1 Å². The smallest absolute Gasteiger partial charge is 0.253 e. The van der Waals surface area contributed by atoms with Gasteiger partial charge in [0, 0.05) is 42.0 Å². The Bertz CT molecular complexity index is 1340. The number of rotatable bonds is 2. The van der Waals surface area contributed by atoms with Crippen molar-refractivity contribution in [2.24, 2.45) is 5.73 Å². The van der Waals surface area contributed by atoms with Crippen LogP contribution < -0.4 is 11.1 Å². The van der Waals surface area contributed by atoms with Gasteiger partial charge in [0.15, 0.2) is 17.5 Å². The number of hydrogen-bond acceptors (Lipinski definition) is 6. The highest BCUT2D eigenvalue weighted by atomic mass is 16.2. The fraction of sp³-hybridized carbons (Fsp3) is 0.200. The summed E-state index contributed by atoms with van der Waals surface area (Å²) in [5.41, 5.74) is 10.3. The molecule has 0 aliphatic carbocycles. The molecule has 0 saturated carbocycles. The first-order valence-electron chi connectivity index (χ1n) is 11.1. The summed E-state index contributed by atoms with van der Waals surface area (Å²) in [6, 6.07) is 19.7. The maximum atomic E-state index is 12.9. The molecular formula is C25H23N7O. The number of carbonyl (C=O) groups excluding carboxylic acids is 1. The van der Waals surface area contributed by atoms with E-state index in [1.54, 1.807) is 6.20 Å². The van der Waals surface area contributed by atoms with Crippen molar-refractivity contribution in [1.82, 2.24) is 24.6 Å². The Morgan fingerprint density at radius 2 is 1.70 bits per heavy atom. The topological polar surface area (TPSA) is 102 Å². The van der Waals surface area contributed by atoms with Crippen molar-refractivity contribution in [3.63, 3.8) is 0 Å². The Labute approximate surface area is 191 Å². The summed E-state index contributed by atoms with van der Waals surface area (Å²) in [7, 11) is 0. The number of fused-ring (bicyclic) bond motifs is 5. The van der Waals surface area contributed by atoms with Gasteiger partial charge in [-0.2, -0.15) is 0 Å². The number of piperidine rings is 1. The maximum absolute atomic E-state index is 12.9. The normalized spacial score (nSPS) is 15.1. The third-order valence-corrected chi connectivity index (χ3v) is 6.33. The molecule has 1 amide bonds. The molecule has 0 spiro atoms. The summed E-state index contributed by atoms with van der Waals surface area (Å²) in [5.74, 6) is 2.21. The molecule has 6 rings (SSSR count). The lowest BCUT2D eigenvalue weighted by molar-refractivity contribution is 0.0715. The number of pyridine rings is 1. The first kappa shape index (κ1) is 19.6. The second kappa shape index (κ2) is 7.83. The van der Waals surface area contributed by atoms with Gasteiger partial charge in [-0.15, -0.1) is 10.2 Å². The van der Waals surface area contributed by atoms with Gasteiger partial charge in [0.25, 0.3) is 5.91 Å². The van der Waals surface area contributed by atoms with Crippen molar-refractivity contribution in [1.29, 1.82) is 0 Å². The quantitative estimate of drug-likeness (QED) is 0.437. The van der Waals surface area contributed by atoms with Gasteiger partial charge in [0.2, 0.25) is 0 Å². The molecule has 0 radical (unpaired) electrons. The summed E-state index contributed by atoms with van der Waals surface area (Å²) in [5, 5.41) is 12.5. The molecular weight excluding hydrogens is 414 g/mol. The zero-order valence-corrected chi connectivity index (χ0v) is 18.0. The molecule has 8 heteroatoms. The molecule has 2 aliphatic heterocycles. The molecule has 164 valence electrons. The highest BCUT2D eigenvalue weighted by Gasteiger charge is 2.26. The standard InChI is InChI=1S/C25H23N7O/c26-18-11-14-31(15-12-18)25(33)17-9-7-16(8-10-17)23-29-30-24-19-4-1-2-5-20(19)28-22-21(32(23)24)6-3-13-27-22/h1-10,13,18H,11-12,14-15,26H2,(H,27,28). The van der Waals surface area contributed by atoms with Crippen molar-refractivity contribution in [2.45, 2.75) is 18.9 Å². The van der Waals surface area contributed by atoms with Gasteiger partial charge < -0.3 is 16.0 Å². The fourth-order valence-corrected chi connectivity index (χ4v) is 4.51. The number of carbonyl (C=O) groups is 1. The van der Waals surface area contributed by atoms with Crippen LogP contribution in [-0.4, -0.2) is 49.7 Å². The van der Waals surface area contributed by atoms with E-state index in [2.05, 4.69) is 20.5 Å². The maximum Gasteiger partial charge on any atom is 0.253 e. The molecule has 33 heavy (non-hydrogen) atoms. The van der Waals surface area contributed by atoms with E-state index in [9.17, 15) is 4.79 Å². The second-order valence-electron chi connectivity index (χ2n) is 8.43. The zero-order chi connectivity index (χ0) is 22.4. The van der Waals surface area contributed by atoms with E-state index in [0.717, 1.165) is 47.0 Å². The van der Waals surface area contributed by atoms with Gasteiger partial charge in [0.1, 0.15) is 0 Å². The SMILES string of the molecule is NC1CCN(C(=O)c2ccc(-c3nnc4n3-c3cccnc3Nc3ccccc3-4)cc2)CC1. The molecule has 2 aromatic carbocycles. The van der Waals surface area contributed by atoms with Crippen molar-refractivity contribution >= 4 is 17.4 Å². The predicted molar refractivity (Wildman–Crippen MR) is 126 cm³/mol. The zero-order valence-electron chi connectivity index (χ0n) is 18.0. The van der Waals surface area contributed by atoms with E-state index in [-0.39, 0.29) is 11.9 Å². The fourth-order valence-electron chi connectivity index (χ4n) is 4.51. The Balaban J connectivity index is 1.40. The number of benzene rings is 2. The average Bonchev–Trinajstić information content (AvgIpc) is 3.24. The lowest BCUT2D eigenvalue weighted by atomic mass is 10.0. The van der Waals surface area contributed by atoms with Crippen LogP contribution in [0.2, 0.25) is 0 Å². The first-order valence-corrected chi connectivity index (χ1v) is 11.1. The molecule has 1 saturated heterocycles. The largest absolute Gasteiger partial charge is 0.339 e. The molecule has 3 N–H and O–H groups in total. The molecule has 2 aromatic heterocycles. The lowest BCUT2D eigenvalue weighted by Gasteiger charge is -2.30. The minimum Gasteiger partial charge on any atom is -0.339 e. The monoisotopic (exact) mass is 437 g/mol. The van der Waals surface area contributed by atoms with E-state index in [0.29, 0.717) is 24.5 Å². The number of likely N-dealkylation sites (tertiary alicyclic amines) is 1. The average molecular weight is 438 g/mol. The molecule has 1 fully saturated rings. The van der Waals surface area contributed by atoms with Crippen molar-refractivity contribution in [3.05, 3.63) is 72.4 Å². The van der Waals surface area contributed by atoms with Crippen LogP contribution in [0.5, 0.6) is 0 Å². The van der Waals surface area contributed by atoms with Crippen LogP contribution in [0.15, 0.2) is 66.9 Å². The van der Waals surface area contributed by atoms with Crippen molar-refractivity contribution in [2.75, 3.05) is 18.4 Å². The number of nitrogens with two attached hydrogens (primary N) is 1. The van der Waals surface area contributed by atoms with Gasteiger partial charge in [-0.05, 0) is 49.2 Å². The van der Waals surface area contributed by atoms with Crippen LogP contribution in [0.1, 0.15) is 23.2 Å². The minimum absolute atomic E-state index is 0.0428. The van der Waals surface area contributed by atoms with E-state index in [4.69, 9.17) is 5.73 Å². The molecule has 0 unspecified atom stereocenters. The van der Waals surface area contributed by atoms with Gasteiger partial charge in [0.05, 0.1) is 11.4 Å². The number of nitrogens with one attached hydrogen (secondary N) is 1. The van der Waals surface area contributed by atoms with Gasteiger partial charge in [-0.25, -0.2) is 4.98 Å². The second-order valence-corrected chi connectivity index (χ2v) is 8.43. The van der Waals surface area contributed by atoms with E-state index in [1.165, 1.54) is 0 Å². The molecule has 4 heterocycles. The van der Waals surface area contributed by atoms with Gasteiger partial charge in [-0.3, -0.25) is 9.36 Å². The minimum atomic E-state index is 0.0428. The van der Waals surface area contributed by atoms with Crippen LogP contribution in [-0.2, 0) is 0 Å². The number of hydrogen-bond donors (Lipinski definition) is 2. The third kappa shape index (κ3) is 3.35. The molecule has 2 aliphatic rings. The molecule has 4 aromatic rings. The highest BCUT2D eigenvalue weighted by Crippen LogP contribution is 2.38. The predicted octanol–water partition coefficient (Wildman–Crippen LogP) is 3.62. The Kier molecular flexibility index (Phi) is 4.66.